The summed E-state index contributed by atoms with van der Waals surface area (Å²) in [6.07, 6.45) is 3.30. The number of aromatic nitrogens is 1. The van der Waals surface area contributed by atoms with Crippen LogP contribution >= 0.6 is 0 Å². The third-order valence-corrected chi connectivity index (χ3v) is 1.44. The first kappa shape index (κ1) is 21.5. The number of halogens is 2. The predicted molar refractivity (Wildman–Crippen MR) is 57.5 cm³/mol. The molecular weight excluding hydrogens is 308 g/mol. The van der Waals surface area contributed by atoms with Gasteiger partial charge in [0.25, 0.3) is 0 Å². The number of pyridine rings is 1. The molecule has 1 aromatic heterocycles. The first-order valence-electron chi connectivity index (χ1n) is 4.23. The topological polar surface area (TPSA) is 61.7 Å². The molecule has 0 fully saturated rings. The Kier molecular flexibility index (Phi) is 16.7. The molecule has 0 aliphatic carbocycles. The molecule has 0 saturated carbocycles. The number of rotatable bonds is 4. The van der Waals surface area contributed by atoms with Gasteiger partial charge in [0, 0.05) is 14.1 Å². The third kappa shape index (κ3) is 8.93. The van der Waals surface area contributed by atoms with Gasteiger partial charge in [0.2, 0.25) is 0 Å². The Balaban J connectivity index is -0.000000653. The molecule has 0 unspecified atom stereocenters. The van der Waals surface area contributed by atoms with Crippen molar-refractivity contribution >= 4 is 12.4 Å². The van der Waals surface area contributed by atoms with Gasteiger partial charge < -0.3 is 35.7 Å². The zero-order valence-corrected chi connectivity index (χ0v) is 11.9. The summed E-state index contributed by atoms with van der Waals surface area (Å²) in [6.45, 7) is 0. The van der Waals surface area contributed by atoms with Gasteiger partial charge in [0.05, 0.1) is 23.8 Å². The number of nitrogens with zero attached hydrogens (tertiary/aromatic N) is 3. The molecule has 5 nitrogen and oxygen atoms in total. The monoisotopic (exact) mass is 320 g/mol. The van der Waals surface area contributed by atoms with E-state index in [1.165, 1.54) is 0 Å². The summed E-state index contributed by atoms with van der Waals surface area (Å²) in [5.74, 6) is 0. The van der Waals surface area contributed by atoms with Crippen LogP contribution in [0.3, 0.4) is 0 Å². The van der Waals surface area contributed by atoms with E-state index in [0.717, 1.165) is 11.4 Å². The van der Waals surface area contributed by atoms with Crippen LogP contribution in [0.25, 0.3) is 0 Å². The normalized spacial score (nSPS) is 9.06. The van der Waals surface area contributed by atoms with Crippen LogP contribution in [0.4, 0.5) is 0 Å². The summed E-state index contributed by atoms with van der Waals surface area (Å²) in [5, 5.41) is 7.73. The molecule has 0 saturated heterocycles. The fraction of sp³-hybridized carbons (Fsp3) is 0.222. The minimum Gasteiger partial charge on any atom is -1.00 e. The van der Waals surface area contributed by atoms with Gasteiger partial charge in [-0.2, -0.15) is 10.2 Å². The molecule has 2 N–H and O–H groups in total. The maximum absolute atomic E-state index is 4.27. The van der Waals surface area contributed by atoms with E-state index in [4.69, 9.17) is 0 Å². The molecule has 0 aliphatic heterocycles. The fourth-order valence-electron chi connectivity index (χ4n) is 0.874. The van der Waals surface area contributed by atoms with Crippen molar-refractivity contribution in [2.75, 3.05) is 14.1 Å². The minimum atomic E-state index is 0. The first-order chi connectivity index (χ1) is 6.86. The Bertz CT molecular complexity index is 317. The summed E-state index contributed by atoms with van der Waals surface area (Å²) < 4.78 is 0. The summed E-state index contributed by atoms with van der Waals surface area (Å²) in [4.78, 5) is 4.27. The predicted octanol–water partition coefficient (Wildman–Crippen LogP) is -5.81. The molecule has 0 bridgehead atoms. The van der Waals surface area contributed by atoms with Crippen molar-refractivity contribution in [1.29, 1.82) is 0 Å². The first-order valence-corrected chi connectivity index (χ1v) is 4.23. The average molecular weight is 321 g/mol. The van der Waals surface area contributed by atoms with Crippen LogP contribution in [0.5, 0.6) is 0 Å². The molecule has 97 valence electrons. The van der Waals surface area contributed by atoms with E-state index in [1.54, 1.807) is 26.5 Å². The number of nitrogens with one attached hydrogen (secondary N) is 2. The van der Waals surface area contributed by atoms with Crippen LogP contribution < -0.4 is 35.7 Å². The van der Waals surface area contributed by atoms with Crippen molar-refractivity contribution in [3.05, 3.63) is 29.6 Å². The molecular formula is C9H13Cl2CoN5. The van der Waals surface area contributed by atoms with Gasteiger partial charge in [-0.3, -0.25) is 0 Å². The van der Waals surface area contributed by atoms with Crippen LogP contribution in [-0.4, -0.2) is 31.5 Å². The van der Waals surface area contributed by atoms with Crippen molar-refractivity contribution in [2.45, 2.75) is 0 Å². The van der Waals surface area contributed by atoms with E-state index in [0.29, 0.717) is 0 Å². The average Bonchev–Trinajstić information content (AvgIpc) is 2.24. The molecule has 0 amide bonds. The zero-order valence-electron chi connectivity index (χ0n) is 9.32. The summed E-state index contributed by atoms with van der Waals surface area (Å²) in [6, 6.07) is 5.65. The van der Waals surface area contributed by atoms with Crippen molar-refractivity contribution in [3.63, 3.8) is 0 Å². The maximum Gasteiger partial charge on any atom is 2.00 e. The smallest absolute Gasteiger partial charge is 1.00 e. The van der Waals surface area contributed by atoms with Crippen LogP contribution in [0, 0.1) is 0 Å². The van der Waals surface area contributed by atoms with Gasteiger partial charge in [0.15, 0.2) is 0 Å². The Morgan fingerprint density at radius 3 is 1.76 bits per heavy atom. The van der Waals surface area contributed by atoms with Gasteiger partial charge in [0.1, 0.15) is 0 Å². The quantitative estimate of drug-likeness (QED) is 0.429. The van der Waals surface area contributed by atoms with Crippen LogP contribution in [0.15, 0.2) is 28.4 Å². The van der Waals surface area contributed by atoms with Gasteiger partial charge in [-0.1, -0.05) is 6.07 Å². The third-order valence-electron chi connectivity index (χ3n) is 1.44. The van der Waals surface area contributed by atoms with Crippen molar-refractivity contribution in [2.24, 2.45) is 10.2 Å². The van der Waals surface area contributed by atoms with E-state index >= 15 is 0 Å². The Morgan fingerprint density at radius 1 is 1.00 bits per heavy atom. The second-order valence-electron chi connectivity index (χ2n) is 2.45. The number of hydrazone groups is 2. The second-order valence-corrected chi connectivity index (χ2v) is 2.45. The molecule has 1 radical (unpaired) electrons. The van der Waals surface area contributed by atoms with E-state index in [-0.39, 0.29) is 41.6 Å². The van der Waals surface area contributed by atoms with E-state index in [1.807, 2.05) is 18.2 Å². The SMILES string of the molecule is CNN=Cc1cccc(C=NNC)n1.[Cl-].[Cl-].[Co+2]. The van der Waals surface area contributed by atoms with Crippen LogP contribution in [0.1, 0.15) is 11.4 Å². The van der Waals surface area contributed by atoms with Gasteiger partial charge in [-0.15, -0.1) is 0 Å². The van der Waals surface area contributed by atoms with Gasteiger partial charge in [-0.05, 0) is 12.1 Å². The van der Waals surface area contributed by atoms with Crippen molar-refractivity contribution in [3.8, 4) is 0 Å². The van der Waals surface area contributed by atoms with Crippen LogP contribution in [-0.2, 0) is 16.8 Å². The maximum atomic E-state index is 4.27. The number of hydrogen-bond donors (Lipinski definition) is 2. The Hall–Kier alpha value is -0.824. The van der Waals surface area contributed by atoms with E-state index in [9.17, 15) is 0 Å². The Morgan fingerprint density at radius 2 is 1.41 bits per heavy atom. The Labute approximate surface area is 124 Å². The van der Waals surface area contributed by atoms with Gasteiger partial charge in [-0.25, -0.2) is 4.98 Å². The molecule has 1 heterocycles. The molecule has 0 atom stereocenters. The van der Waals surface area contributed by atoms with E-state index < -0.39 is 0 Å². The van der Waals surface area contributed by atoms with Crippen molar-refractivity contribution < 1.29 is 41.6 Å². The van der Waals surface area contributed by atoms with Crippen LogP contribution in [0.2, 0.25) is 0 Å². The molecule has 8 heteroatoms. The molecule has 0 aromatic carbocycles. The molecule has 1 aromatic rings. The second kappa shape index (κ2) is 13.2. The summed E-state index contributed by atoms with van der Waals surface area (Å²) >= 11 is 0. The summed E-state index contributed by atoms with van der Waals surface area (Å²) in [7, 11) is 3.48. The van der Waals surface area contributed by atoms with Gasteiger partial charge >= 0.3 is 16.8 Å². The molecule has 0 aliphatic rings. The standard InChI is InChI=1S/C9H13N5.2ClH.Co/c1-10-12-6-8-4-3-5-9(14-8)7-13-11-2;;;/h3-7,10-11H,1-2H3;2*1H;/q;;;+2/p-2. The molecule has 1 rings (SSSR count). The number of hydrogen-bond acceptors (Lipinski definition) is 5. The zero-order chi connectivity index (χ0) is 10.2. The van der Waals surface area contributed by atoms with E-state index in [2.05, 4.69) is 26.0 Å². The minimum absolute atomic E-state index is 0. The van der Waals surface area contributed by atoms with Crippen molar-refractivity contribution in [1.82, 2.24) is 15.8 Å². The molecule has 0 spiro atoms. The molecule has 17 heavy (non-hydrogen) atoms. The largest absolute Gasteiger partial charge is 2.00 e. The fourth-order valence-corrected chi connectivity index (χ4v) is 0.874. The summed E-state index contributed by atoms with van der Waals surface area (Å²) in [5.41, 5.74) is 6.91.